The number of benzene rings is 2. The van der Waals surface area contributed by atoms with E-state index in [9.17, 15) is 9.59 Å². The van der Waals surface area contributed by atoms with Crippen LogP contribution in [0.4, 0.5) is 5.69 Å². The fourth-order valence-electron chi connectivity index (χ4n) is 4.12. The number of hydrogen-bond donors (Lipinski definition) is 1. The minimum Gasteiger partial charge on any atom is -0.352 e. The Morgan fingerprint density at radius 3 is 2.60 bits per heavy atom. The molecule has 6 nitrogen and oxygen atoms in total. The van der Waals surface area contributed by atoms with Crippen LogP contribution < -0.4 is 10.2 Å². The Morgan fingerprint density at radius 2 is 1.90 bits per heavy atom. The summed E-state index contributed by atoms with van der Waals surface area (Å²) in [5, 5.41) is 2.95. The lowest BCUT2D eigenvalue weighted by Gasteiger charge is -2.18. The number of carbonyl (C=O) groups is 2. The Labute approximate surface area is 176 Å². The third-order valence-electron chi connectivity index (χ3n) is 5.58. The van der Waals surface area contributed by atoms with Gasteiger partial charge in [-0.15, -0.1) is 0 Å². The molecule has 2 amide bonds. The first-order chi connectivity index (χ1) is 14.5. The number of hydrogen-bond acceptors (Lipinski definition) is 3. The summed E-state index contributed by atoms with van der Waals surface area (Å²) in [5.74, 6) is 0.791. The van der Waals surface area contributed by atoms with Gasteiger partial charge in [0.15, 0.2) is 0 Å². The van der Waals surface area contributed by atoms with Gasteiger partial charge in [-0.2, -0.15) is 0 Å². The number of aromatic nitrogens is 2. The lowest BCUT2D eigenvalue weighted by molar-refractivity contribution is -0.122. The lowest BCUT2D eigenvalue weighted by atomic mass is 10.1. The Morgan fingerprint density at radius 1 is 1.17 bits per heavy atom. The summed E-state index contributed by atoms with van der Waals surface area (Å²) in [6, 6.07) is 16.1. The van der Waals surface area contributed by atoms with Gasteiger partial charge in [0.25, 0.3) is 0 Å². The van der Waals surface area contributed by atoms with Gasteiger partial charge in [0.05, 0.1) is 11.0 Å². The molecule has 0 unspecified atom stereocenters. The van der Waals surface area contributed by atoms with E-state index < -0.39 is 0 Å². The predicted octanol–water partition coefficient (Wildman–Crippen LogP) is 3.64. The summed E-state index contributed by atoms with van der Waals surface area (Å²) in [4.78, 5) is 32.0. The highest BCUT2D eigenvalue weighted by atomic mass is 16.2. The lowest BCUT2D eigenvalue weighted by Crippen LogP contribution is -2.33. The van der Waals surface area contributed by atoms with Crippen LogP contribution in [0.1, 0.15) is 44.5 Å². The van der Waals surface area contributed by atoms with Crippen molar-refractivity contribution in [3.05, 3.63) is 59.9 Å². The number of para-hydroxylation sites is 2. The number of carbonyl (C=O) groups excluding carboxylic acids is 2. The molecule has 3 aromatic rings. The second kappa shape index (κ2) is 8.30. The van der Waals surface area contributed by atoms with Crippen molar-refractivity contribution in [1.82, 2.24) is 14.9 Å². The molecule has 1 fully saturated rings. The number of rotatable bonds is 6. The molecule has 0 spiro atoms. The maximum absolute atomic E-state index is 12.8. The zero-order valence-electron chi connectivity index (χ0n) is 17.8. The molecule has 2 aromatic carbocycles. The van der Waals surface area contributed by atoms with Gasteiger partial charge in [-0.25, -0.2) is 4.98 Å². The second-order valence-corrected chi connectivity index (χ2v) is 8.19. The molecule has 2 heterocycles. The monoisotopic (exact) mass is 404 g/mol. The molecule has 1 saturated heterocycles. The molecule has 0 radical (unpaired) electrons. The molecule has 0 bridgehead atoms. The Balaban J connectivity index is 1.64. The summed E-state index contributed by atoms with van der Waals surface area (Å²) in [7, 11) is 0. The largest absolute Gasteiger partial charge is 0.352 e. The molecule has 1 atom stereocenters. The second-order valence-electron chi connectivity index (χ2n) is 8.19. The molecule has 4 rings (SSSR count). The highest BCUT2D eigenvalue weighted by Crippen LogP contribution is 2.33. The molecule has 156 valence electrons. The number of anilines is 1. The number of nitrogens with zero attached hydrogens (tertiary/aromatic N) is 3. The van der Waals surface area contributed by atoms with Gasteiger partial charge >= 0.3 is 0 Å². The number of nitrogens with one attached hydrogen (secondary N) is 1. The van der Waals surface area contributed by atoms with Gasteiger partial charge in [-0.05, 0) is 50.1 Å². The number of aryl methyl sites for hydroxylation is 1. The van der Waals surface area contributed by atoms with Gasteiger partial charge in [-0.1, -0.05) is 31.2 Å². The van der Waals surface area contributed by atoms with Crippen molar-refractivity contribution in [3.8, 4) is 0 Å². The third-order valence-corrected chi connectivity index (χ3v) is 5.58. The van der Waals surface area contributed by atoms with Crippen LogP contribution in [0.2, 0.25) is 0 Å². The van der Waals surface area contributed by atoms with E-state index in [1.54, 1.807) is 0 Å². The first kappa shape index (κ1) is 20.1. The van der Waals surface area contributed by atoms with E-state index >= 15 is 0 Å². The van der Waals surface area contributed by atoms with Crippen LogP contribution in [-0.2, 0) is 22.6 Å². The average Bonchev–Trinajstić information content (AvgIpc) is 3.28. The van der Waals surface area contributed by atoms with Gasteiger partial charge in [0.1, 0.15) is 12.4 Å². The third kappa shape index (κ3) is 3.95. The smallest absolute Gasteiger partial charge is 0.240 e. The summed E-state index contributed by atoms with van der Waals surface area (Å²) in [6.07, 6.45) is 1.37. The first-order valence-corrected chi connectivity index (χ1v) is 10.6. The quantitative estimate of drug-likeness (QED) is 0.682. The van der Waals surface area contributed by atoms with Crippen LogP contribution in [0.5, 0.6) is 0 Å². The number of imidazole rings is 1. The van der Waals surface area contributed by atoms with Gasteiger partial charge in [-0.3, -0.25) is 9.59 Å². The van der Waals surface area contributed by atoms with Crippen LogP contribution >= 0.6 is 0 Å². The van der Waals surface area contributed by atoms with Crippen LogP contribution in [0.3, 0.4) is 0 Å². The van der Waals surface area contributed by atoms with Crippen molar-refractivity contribution in [3.63, 3.8) is 0 Å². The standard InChI is InChI=1S/C24H28N4O2/c1-4-17-9-11-19(12-10-17)27-14-18(13-23(27)30)24-26-20-7-5-6-8-21(20)28(24)15-22(29)25-16(2)3/h5-12,16,18H,4,13-15H2,1-3H3,(H,25,29)/t18-/m0/s1. The van der Waals surface area contributed by atoms with E-state index in [1.165, 1.54) is 5.56 Å². The SMILES string of the molecule is CCc1ccc(N2C[C@@H](c3nc4ccccc4n3CC(=O)NC(C)C)CC2=O)cc1. The van der Waals surface area contributed by atoms with Crippen molar-refractivity contribution >= 4 is 28.5 Å². The van der Waals surface area contributed by atoms with E-state index in [0.717, 1.165) is 29.0 Å². The van der Waals surface area contributed by atoms with Crippen LogP contribution in [-0.4, -0.2) is 34.0 Å². The van der Waals surface area contributed by atoms with Crippen LogP contribution in [0, 0.1) is 0 Å². The van der Waals surface area contributed by atoms with Crippen molar-refractivity contribution in [2.45, 2.75) is 52.1 Å². The number of amides is 2. The maximum Gasteiger partial charge on any atom is 0.240 e. The van der Waals surface area contributed by atoms with Crippen molar-refractivity contribution < 1.29 is 9.59 Å². The van der Waals surface area contributed by atoms with E-state index in [4.69, 9.17) is 4.98 Å². The summed E-state index contributed by atoms with van der Waals surface area (Å²) in [5.41, 5.74) is 3.94. The predicted molar refractivity (Wildman–Crippen MR) is 119 cm³/mol. The average molecular weight is 405 g/mol. The van der Waals surface area contributed by atoms with Crippen LogP contribution in [0.15, 0.2) is 48.5 Å². The summed E-state index contributed by atoms with van der Waals surface area (Å²) < 4.78 is 1.97. The van der Waals surface area contributed by atoms with Gasteiger partial charge < -0.3 is 14.8 Å². The Hall–Kier alpha value is -3.15. The summed E-state index contributed by atoms with van der Waals surface area (Å²) >= 11 is 0. The zero-order valence-corrected chi connectivity index (χ0v) is 17.8. The number of fused-ring (bicyclic) bond motifs is 1. The molecular formula is C24H28N4O2. The highest BCUT2D eigenvalue weighted by molar-refractivity contribution is 5.96. The van der Waals surface area contributed by atoms with Crippen molar-refractivity contribution in [1.29, 1.82) is 0 Å². The zero-order chi connectivity index (χ0) is 21.3. The Kier molecular flexibility index (Phi) is 5.57. The Bertz CT molecular complexity index is 1070. The van der Waals surface area contributed by atoms with Gasteiger partial charge in [0.2, 0.25) is 11.8 Å². The molecule has 1 N–H and O–H groups in total. The summed E-state index contributed by atoms with van der Waals surface area (Å²) in [6.45, 7) is 6.78. The molecular weight excluding hydrogens is 376 g/mol. The first-order valence-electron chi connectivity index (χ1n) is 10.6. The molecule has 0 aliphatic carbocycles. The highest BCUT2D eigenvalue weighted by Gasteiger charge is 2.35. The van der Waals surface area contributed by atoms with Gasteiger partial charge in [0, 0.05) is 30.6 Å². The molecule has 1 aromatic heterocycles. The molecule has 30 heavy (non-hydrogen) atoms. The van der Waals surface area contributed by atoms with Crippen molar-refractivity contribution in [2.75, 3.05) is 11.4 Å². The van der Waals surface area contributed by atoms with E-state index in [2.05, 4.69) is 24.4 Å². The fraction of sp³-hybridized carbons (Fsp3) is 0.375. The molecule has 6 heteroatoms. The maximum atomic E-state index is 12.8. The molecule has 0 saturated carbocycles. The topological polar surface area (TPSA) is 67.2 Å². The van der Waals surface area contributed by atoms with E-state index in [1.807, 2.05) is 59.7 Å². The van der Waals surface area contributed by atoms with E-state index in [-0.39, 0.29) is 30.3 Å². The van der Waals surface area contributed by atoms with Crippen molar-refractivity contribution in [2.24, 2.45) is 0 Å². The molecule has 1 aliphatic heterocycles. The fourth-order valence-corrected chi connectivity index (χ4v) is 4.12. The minimum absolute atomic E-state index is 0.0502. The minimum atomic E-state index is -0.0531. The molecule has 1 aliphatic rings. The van der Waals surface area contributed by atoms with E-state index in [0.29, 0.717) is 13.0 Å². The van der Waals surface area contributed by atoms with Crippen LogP contribution in [0.25, 0.3) is 11.0 Å². The normalized spacial score (nSPS) is 16.6.